The molecule has 1 heterocycles. The van der Waals surface area contributed by atoms with Gasteiger partial charge >= 0.3 is 5.97 Å². The van der Waals surface area contributed by atoms with Gasteiger partial charge in [0.2, 0.25) is 5.76 Å². The van der Waals surface area contributed by atoms with Crippen LogP contribution < -0.4 is 10.1 Å². The average molecular weight is 352 g/mol. The largest absolute Gasteiger partial charge is 0.495 e. The zero-order valence-electron chi connectivity index (χ0n) is 13.8. The quantitative estimate of drug-likeness (QED) is 0.830. The molecule has 1 N–H and O–H groups in total. The van der Waals surface area contributed by atoms with Gasteiger partial charge in [-0.2, -0.15) is 0 Å². The van der Waals surface area contributed by atoms with Crippen LogP contribution in [0, 0.1) is 13.8 Å². The number of aryl methyl sites for hydroxylation is 2. The van der Waals surface area contributed by atoms with Crippen molar-refractivity contribution < 1.29 is 23.5 Å². The van der Waals surface area contributed by atoms with Gasteiger partial charge < -0.3 is 19.2 Å². The maximum Gasteiger partial charge on any atom is 0.375 e. The lowest BCUT2D eigenvalue weighted by atomic mass is 10.2. The molecule has 1 aromatic carbocycles. The normalized spacial score (nSPS) is 11.7. The second-order valence-electron chi connectivity index (χ2n) is 5.27. The molecule has 0 fully saturated rings. The van der Waals surface area contributed by atoms with E-state index in [4.69, 9.17) is 25.5 Å². The zero-order valence-corrected chi connectivity index (χ0v) is 14.6. The standard InChI is InChI=1S/C17H18ClNO5/c1-9-5-6-23-15(9)17(21)24-11(3)16(20)19-13-7-10(2)12(18)8-14(13)22-4/h5-8,11H,1-4H3,(H,19,20)/t11-/m0/s1. The van der Waals surface area contributed by atoms with Crippen LogP contribution in [-0.2, 0) is 9.53 Å². The van der Waals surface area contributed by atoms with E-state index in [9.17, 15) is 9.59 Å². The van der Waals surface area contributed by atoms with Crippen LogP contribution in [0.3, 0.4) is 0 Å². The van der Waals surface area contributed by atoms with Gasteiger partial charge in [0.25, 0.3) is 5.91 Å². The van der Waals surface area contributed by atoms with Gasteiger partial charge in [-0.15, -0.1) is 0 Å². The van der Waals surface area contributed by atoms with E-state index in [1.54, 1.807) is 32.0 Å². The third-order valence-corrected chi connectivity index (χ3v) is 3.85. The van der Waals surface area contributed by atoms with Gasteiger partial charge in [0.05, 0.1) is 19.1 Å². The molecule has 0 aliphatic rings. The minimum Gasteiger partial charge on any atom is -0.495 e. The van der Waals surface area contributed by atoms with Crippen LogP contribution >= 0.6 is 11.6 Å². The minimum atomic E-state index is -1.01. The molecule has 2 rings (SSSR count). The Bertz CT molecular complexity index is 768. The fourth-order valence-corrected chi connectivity index (χ4v) is 2.17. The second-order valence-corrected chi connectivity index (χ2v) is 5.68. The molecule has 0 saturated carbocycles. The summed E-state index contributed by atoms with van der Waals surface area (Å²) >= 11 is 6.03. The fourth-order valence-electron chi connectivity index (χ4n) is 2.01. The van der Waals surface area contributed by atoms with E-state index in [-0.39, 0.29) is 5.76 Å². The van der Waals surface area contributed by atoms with Crippen molar-refractivity contribution in [2.24, 2.45) is 0 Å². The summed E-state index contributed by atoms with van der Waals surface area (Å²) in [4.78, 5) is 24.2. The Balaban J connectivity index is 2.08. The number of ether oxygens (including phenoxy) is 2. The summed E-state index contributed by atoms with van der Waals surface area (Å²) in [6.45, 7) is 4.99. The molecule has 0 aliphatic carbocycles. The summed E-state index contributed by atoms with van der Waals surface area (Å²) in [5, 5.41) is 3.19. The third-order valence-electron chi connectivity index (χ3n) is 3.44. The Hall–Kier alpha value is -2.47. The molecule has 0 spiro atoms. The first kappa shape index (κ1) is 17.9. The molecule has 1 atom stereocenters. The number of methoxy groups -OCH3 is 1. The Morgan fingerprint density at radius 2 is 1.96 bits per heavy atom. The van der Waals surface area contributed by atoms with Crippen LogP contribution in [0.1, 0.15) is 28.6 Å². The van der Waals surface area contributed by atoms with Crippen molar-refractivity contribution in [2.45, 2.75) is 26.9 Å². The molecule has 2 aromatic rings. The van der Waals surface area contributed by atoms with Crippen LogP contribution in [0.25, 0.3) is 0 Å². The summed E-state index contributed by atoms with van der Waals surface area (Å²) in [7, 11) is 1.47. The number of esters is 1. The molecule has 7 heteroatoms. The maximum atomic E-state index is 12.3. The SMILES string of the molecule is COc1cc(Cl)c(C)cc1NC(=O)[C@H](C)OC(=O)c1occc1C. The summed E-state index contributed by atoms with van der Waals surface area (Å²) < 4.78 is 15.4. The first-order valence-corrected chi connectivity index (χ1v) is 7.61. The van der Waals surface area contributed by atoms with E-state index in [0.29, 0.717) is 22.0 Å². The van der Waals surface area contributed by atoms with Crippen molar-refractivity contribution in [3.05, 3.63) is 46.4 Å². The molecular weight excluding hydrogens is 334 g/mol. The number of hydrogen-bond acceptors (Lipinski definition) is 5. The van der Waals surface area contributed by atoms with Crippen LogP contribution in [0.4, 0.5) is 5.69 Å². The van der Waals surface area contributed by atoms with Crippen molar-refractivity contribution in [3.63, 3.8) is 0 Å². The van der Waals surface area contributed by atoms with Gasteiger partial charge in [0.15, 0.2) is 6.10 Å². The van der Waals surface area contributed by atoms with Crippen molar-refractivity contribution >= 4 is 29.2 Å². The van der Waals surface area contributed by atoms with E-state index in [1.165, 1.54) is 20.3 Å². The number of amides is 1. The summed E-state index contributed by atoms with van der Waals surface area (Å²) in [5.41, 5.74) is 1.87. The molecule has 1 aromatic heterocycles. The van der Waals surface area contributed by atoms with Crippen molar-refractivity contribution in [1.82, 2.24) is 0 Å². The molecular formula is C17H18ClNO5. The molecule has 0 bridgehead atoms. The molecule has 6 nitrogen and oxygen atoms in total. The highest BCUT2D eigenvalue weighted by Crippen LogP contribution is 2.31. The Morgan fingerprint density at radius 1 is 1.25 bits per heavy atom. The predicted octanol–water partition coefficient (Wildman–Crippen LogP) is 3.74. The zero-order chi connectivity index (χ0) is 17.9. The molecule has 0 saturated heterocycles. The number of hydrogen-bond donors (Lipinski definition) is 1. The number of carbonyl (C=O) groups is 2. The van der Waals surface area contributed by atoms with Gasteiger partial charge in [-0.1, -0.05) is 11.6 Å². The van der Waals surface area contributed by atoms with E-state index < -0.39 is 18.0 Å². The van der Waals surface area contributed by atoms with E-state index in [2.05, 4.69) is 5.32 Å². The molecule has 0 unspecified atom stereocenters. The highest BCUT2D eigenvalue weighted by Gasteiger charge is 2.23. The van der Waals surface area contributed by atoms with Gasteiger partial charge in [0, 0.05) is 16.7 Å². The monoisotopic (exact) mass is 351 g/mol. The number of furan rings is 1. The fraction of sp³-hybridized carbons (Fsp3) is 0.294. The van der Waals surface area contributed by atoms with Crippen LogP contribution in [0.5, 0.6) is 5.75 Å². The summed E-state index contributed by atoms with van der Waals surface area (Å²) in [6, 6.07) is 4.93. The highest BCUT2D eigenvalue weighted by molar-refractivity contribution is 6.31. The van der Waals surface area contributed by atoms with E-state index >= 15 is 0 Å². The number of nitrogens with one attached hydrogen (secondary N) is 1. The number of rotatable bonds is 5. The van der Waals surface area contributed by atoms with Crippen molar-refractivity contribution in [1.29, 1.82) is 0 Å². The Labute approximate surface area is 144 Å². The third kappa shape index (κ3) is 3.89. The first-order valence-electron chi connectivity index (χ1n) is 7.23. The lowest BCUT2D eigenvalue weighted by Crippen LogP contribution is -2.30. The topological polar surface area (TPSA) is 77.8 Å². The second kappa shape index (κ2) is 7.40. The minimum absolute atomic E-state index is 0.0783. The molecule has 0 radical (unpaired) electrons. The molecule has 24 heavy (non-hydrogen) atoms. The van der Waals surface area contributed by atoms with Gasteiger partial charge in [-0.05, 0) is 38.5 Å². The lowest BCUT2D eigenvalue weighted by molar-refractivity contribution is -0.123. The number of carbonyl (C=O) groups excluding carboxylic acids is 2. The van der Waals surface area contributed by atoms with Crippen molar-refractivity contribution in [3.8, 4) is 5.75 Å². The van der Waals surface area contributed by atoms with E-state index in [0.717, 1.165) is 5.56 Å². The molecule has 128 valence electrons. The molecule has 0 aliphatic heterocycles. The lowest BCUT2D eigenvalue weighted by Gasteiger charge is -2.16. The van der Waals surface area contributed by atoms with E-state index in [1.807, 2.05) is 0 Å². The van der Waals surface area contributed by atoms with Crippen LogP contribution in [0.2, 0.25) is 5.02 Å². The van der Waals surface area contributed by atoms with Gasteiger partial charge in [-0.25, -0.2) is 4.79 Å². The van der Waals surface area contributed by atoms with Gasteiger partial charge in [0.1, 0.15) is 5.75 Å². The average Bonchev–Trinajstić information content (AvgIpc) is 2.96. The van der Waals surface area contributed by atoms with Gasteiger partial charge in [-0.3, -0.25) is 4.79 Å². The highest BCUT2D eigenvalue weighted by atomic mass is 35.5. The Kier molecular flexibility index (Phi) is 5.51. The van der Waals surface area contributed by atoms with Crippen LogP contribution in [0.15, 0.2) is 28.9 Å². The van der Waals surface area contributed by atoms with Crippen molar-refractivity contribution in [2.75, 3.05) is 12.4 Å². The summed E-state index contributed by atoms with van der Waals surface area (Å²) in [5.74, 6) is -0.694. The number of benzene rings is 1. The van der Waals surface area contributed by atoms with Crippen LogP contribution in [-0.4, -0.2) is 25.1 Å². The first-order chi connectivity index (χ1) is 11.3. The maximum absolute atomic E-state index is 12.3. The summed E-state index contributed by atoms with van der Waals surface area (Å²) in [6.07, 6.45) is 0.376. The predicted molar refractivity (Wildman–Crippen MR) is 89.7 cm³/mol. The Morgan fingerprint density at radius 3 is 2.54 bits per heavy atom. The number of halogens is 1. The number of anilines is 1. The smallest absolute Gasteiger partial charge is 0.375 e. The molecule has 1 amide bonds.